The Morgan fingerprint density at radius 3 is 1.34 bits per heavy atom. The number of halogens is 2. The molecule has 4 aliphatic rings. The fourth-order valence-electron chi connectivity index (χ4n) is 12.1. The van der Waals surface area contributed by atoms with Gasteiger partial charge in [-0.1, -0.05) is 35.3 Å². The molecular formula is C60H76Cl2N12O7S2. The van der Waals surface area contributed by atoms with Crippen molar-refractivity contribution in [1.29, 1.82) is 0 Å². The molecule has 0 aliphatic carbocycles. The molecule has 6 aromatic rings. The number of piperidine rings is 2. The van der Waals surface area contributed by atoms with Crippen molar-refractivity contribution >= 4 is 78.1 Å². The molecular weight excluding hydrogens is 1140 g/mol. The van der Waals surface area contributed by atoms with Crippen LogP contribution >= 0.6 is 23.2 Å². The normalized spacial score (nSPS) is 16.4. The predicted molar refractivity (Wildman–Crippen MR) is 328 cm³/mol. The van der Waals surface area contributed by atoms with Crippen LogP contribution in [-0.4, -0.2) is 137 Å². The number of aryl methyl sites for hydroxylation is 4. The van der Waals surface area contributed by atoms with E-state index in [-0.39, 0.29) is 16.0 Å². The van der Waals surface area contributed by atoms with E-state index in [9.17, 15) is 31.5 Å². The second-order valence-corrected chi connectivity index (χ2v) is 25.7. The molecule has 10 rings (SSSR count). The number of piperazine rings is 2. The van der Waals surface area contributed by atoms with Crippen molar-refractivity contribution < 1.29 is 31.5 Å². The highest BCUT2D eigenvalue weighted by Crippen LogP contribution is 2.35. The average Bonchev–Trinajstić information content (AvgIpc) is 3.61. The van der Waals surface area contributed by atoms with Crippen molar-refractivity contribution in [1.82, 2.24) is 30.2 Å². The predicted octanol–water partition coefficient (Wildman–Crippen LogP) is 8.08. The third kappa shape index (κ3) is 15.3. The van der Waals surface area contributed by atoms with Crippen LogP contribution in [0.25, 0.3) is 0 Å². The number of benzene rings is 2. The fourth-order valence-corrected chi connectivity index (χ4v) is 14.0. The summed E-state index contributed by atoms with van der Waals surface area (Å²) in [6.07, 6.45) is 12.5. The first-order valence-electron chi connectivity index (χ1n) is 28.1. The highest BCUT2D eigenvalue weighted by atomic mass is 35.5. The molecule has 2 aromatic carbocycles. The maximum atomic E-state index is 13.9. The van der Waals surface area contributed by atoms with Gasteiger partial charge in [-0.2, -0.15) is 0 Å². The van der Waals surface area contributed by atoms with Gasteiger partial charge in [-0.3, -0.25) is 4.79 Å². The monoisotopic (exact) mass is 1210 g/mol. The summed E-state index contributed by atoms with van der Waals surface area (Å²) in [7, 11) is -7.71. The number of nitrogens with zero attached hydrogens (tertiary/aromatic N) is 9. The van der Waals surface area contributed by atoms with E-state index in [2.05, 4.69) is 61.9 Å². The van der Waals surface area contributed by atoms with Gasteiger partial charge in [0.1, 0.15) is 11.6 Å². The number of aromatic nitrogens is 4. The van der Waals surface area contributed by atoms with Crippen molar-refractivity contribution in [2.75, 3.05) is 98.1 Å². The number of nitrogens with two attached hydrogens (primary N) is 2. The molecule has 1 amide bonds. The van der Waals surface area contributed by atoms with Gasteiger partial charge < -0.3 is 34.9 Å². The topological polar surface area (TPSA) is 254 Å². The van der Waals surface area contributed by atoms with E-state index >= 15 is 0 Å². The Morgan fingerprint density at radius 1 is 0.542 bits per heavy atom. The first-order valence-corrected chi connectivity index (χ1v) is 32.0. The maximum Gasteiger partial charge on any atom is 0.336 e. The van der Waals surface area contributed by atoms with Crippen molar-refractivity contribution in [3.05, 3.63) is 151 Å². The van der Waals surface area contributed by atoms with Gasteiger partial charge in [0.15, 0.2) is 10.1 Å². The van der Waals surface area contributed by atoms with Crippen molar-refractivity contribution in [2.24, 2.45) is 22.1 Å². The quantitative estimate of drug-likeness (QED) is 0.0903. The SMILES string of the molecule is Cc1cc(C)c(C(=O)N2CCN(c3cccnc3S(N)(=O)=O)CC2)c(C)c1CC1CCN(c2ncccc2Cl)CC1.Cc1cc(C)c(C(=O)O)c(C)c1CC1CCN(c2ncccc2Cl)CC1.NS(=O)(=O)c1ncccc1N1CCNCC1. The number of pyridine rings is 4. The zero-order chi connectivity index (χ0) is 59.8. The summed E-state index contributed by atoms with van der Waals surface area (Å²) in [5.74, 6) is 1.98. The van der Waals surface area contributed by atoms with Crippen LogP contribution < -0.4 is 35.2 Å². The van der Waals surface area contributed by atoms with Gasteiger partial charge in [-0.15, -0.1) is 0 Å². The number of sulfonamides is 2. The lowest BCUT2D eigenvalue weighted by atomic mass is 9.84. The number of carboxylic acids is 1. The van der Waals surface area contributed by atoms with Crippen LogP contribution in [0, 0.1) is 53.4 Å². The largest absolute Gasteiger partial charge is 0.478 e. The summed E-state index contributed by atoms with van der Waals surface area (Å²) < 4.78 is 46.8. The second-order valence-electron chi connectivity index (χ2n) is 21.9. The molecule has 444 valence electrons. The van der Waals surface area contributed by atoms with E-state index in [1.54, 1.807) is 36.7 Å². The molecule has 0 saturated carbocycles. The van der Waals surface area contributed by atoms with E-state index in [0.29, 0.717) is 65.0 Å². The van der Waals surface area contributed by atoms with Crippen LogP contribution in [0.15, 0.2) is 95.5 Å². The number of nitrogens with one attached hydrogen (secondary N) is 1. The molecule has 6 N–H and O–H groups in total. The smallest absolute Gasteiger partial charge is 0.336 e. The minimum atomic E-state index is -3.95. The Balaban J connectivity index is 0.000000182. The molecule has 19 nitrogen and oxygen atoms in total. The highest BCUT2D eigenvalue weighted by molar-refractivity contribution is 7.89. The Hall–Kier alpha value is -6.46. The number of anilines is 4. The van der Waals surface area contributed by atoms with Gasteiger partial charge in [0.25, 0.3) is 26.0 Å². The number of hydrogen-bond donors (Lipinski definition) is 4. The van der Waals surface area contributed by atoms with Crippen LogP contribution in [-0.2, 0) is 32.9 Å². The van der Waals surface area contributed by atoms with Crippen molar-refractivity contribution in [3.63, 3.8) is 0 Å². The molecule has 4 aliphatic heterocycles. The molecule has 4 aromatic heterocycles. The summed E-state index contributed by atoms with van der Waals surface area (Å²) in [4.78, 5) is 52.5. The Labute approximate surface area is 498 Å². The van der Waals surface area contributed by atoms with Crippen LogP contribution in [0.1, 0.15) is 90.9 Å². The van der Waals surface area contributed by atoms with Gasteiger partial charge in [-0.05, 0) is 185 Å². The Bertz CT molecular complexity index is 3530. The van der Waals surface area contributed by atoms with Gasteiger partial charge in [0, 0.05) is 109 Å². The van der Waals surface area contributed by atoms with Gasteiger partial charge >= 0.3 is 5.97 Å². The molecule has 0 atom stereocenters. The van der Waals surface area contributed by atoms with Crippen LogP contribution in [0.2, 0.25) is 10.0 Å². The number of aromatic carboxylic acids is 1. The number of hydrogen-bond acceptors (Lipinski definition) is 15. The summed E-state index contributed by atoms with van der Waals surface area (Å²) in [6.45, 7) is 20.9. The van der Waals surface area contributed by atoms with E-state index < -0.39 is 26.0 Å². The first kappa shape index (κ1) is 62.6. The fraction of sp³-hybridized carbons (Fsp3) is 0.433. The van der Waals surface area contributed by atoms with E-state index in [1.807, 2.05) is 65.8 Å². The third-order valence-corrected chi connectivity index (χ3v) is 18.7. The minimum absolute atomic E-state index is 0.0263. The lowest BCUT2D eigenvalue weighted by molar-refractivity contribution is 0.0693. The first-order chi connectivity index (χ1) is 39.5. The maximum absolute atomic E-state index is 13.9. The van der Waals surface area contributed by atoms with Gasteiger partial charge in [-0.25, -0.2) is 51.8 Å². The summed E-state index contributed by atoms with van der Waals surface area (Å²) in [5.41, 5.74) is 11.0. The summed E-state index contributed by atoms with van der Waals surface area (Å²) in [6, 6.07) is 18.5. The highest BCUT2D eigenvalue weighted by Gasteiger charge is 2.31. The lowest BCUT2D eigenvalue weighted by Gasteiger charge is -2.37. The zero-order valence-electron chi connectivity index (χ0n) is 48.1. The average molecular weight is 1210 g/mol. The third-order valence-electron chi connectivity index (χ3n) is 16.4. The van der Waals surface area contributed by atoms with Gasteiger partial charge in [0.05, 0.1) is 27.0 Å². The van der Waals surface area contributed by atoms with E-state index in [4.69, 9.17) is 33.5 Å². The van der Waals surface area contributed by atoms with Gasteiger partial charge in [0.2, 0.25) is 0 Å². The standard InChI is InChI=1S/C30H37ClN6O3S.C21H25ClN2O2.C9H14N4O2S/c1-20-18-21(2)27(22(3)24(20)19-23-8-12-36(13-9-23)28-25(31)6-4-10-33-28)30(38)37-16-14-35(15-17-37)26-7-5-11-34-29(26)41(32,39)40;1-13-11-14(2)19(21(25)26)15(3)17(13)12-16-6-9-24(10-7-16)20-18(22)5-4-8-23-20;10-16(14,15)9-8(2-1-3-12-9)13-6-4-11-5-7-13/h4-7,10-11,18,23H,8-9,12-17,19H2,1-3H3,(H2,32,39,40);4-5,8,11,16H,6-7,9-10,12H2,1-3H3,(H,25,26);1-3,11H,4-7H2,(H2,10,14,15). The summed E-state index contributed by atoms with van der Waals surface area (Å²) >= 11 is 12.6. The molecule has 0 unspecified atom stereocenters. The lowest BCUT2D eigenvalue weighted by Crippen LogP contribution is -2.49. The number of primary sulfonamides is 2. The Kier molecular flexibility index (Phi) is 20.7. The summed E-state index contributed by atoms with van der Waals surface area (Å²) in [5, 5.41) is 24.5. The van der Waals surface area contributed by atoms with E-state index in [0.717, 1.165) is 130 Å². The van der Waals surface area contributed by atoms with Crippen molar-refractivity contribution in [2.45, 2.75) is 90.1 Å². The molecule has 4 fully saturated rings. The Morgan fingerprint density at radius 2 is 0.928 bits per heavy atom. The zero-order valence-corrected chi connectivity index (χ0v) is 51.3. The molecule has 0 spiro atoms. The molecule has 23 heteroatoms. The number of rotatable bonds is 12. The molecule has 83 heavy (non-hydrogen) atoms. The number of carbonyl (C=O) groups excluding carboxylic acids is 1. The molecule has 4 saturated heterocycles. The minimum Gasteiger partial charge on any atom is -0.478 e. The molecule has 0 radical (unpaired) electrons. The van der Waals surface area contributed by atoms with E-state index in [1.165, 1.54) is 34.6 Å². The second kappa shape index (κ2) is 27.5. The molecule has 0 bridgehead atoms. The van der Waals surface area contributed by atoms with Crippen LogP contribution in [0.5, 0.6) is 0 Å². The van der Waals surface area contributed by atoms with Crippen LogP contribution in [0.4, 0.5) is 23.0 Å². The van der Waals surface area contributed by atoms with Crippen molar-refractivity contribution in [3.8, 4) is 0 Å². The number of carboxylic acid groups (broad SMARTS) is 1. The van der Waals surface area contributed by atoms with Crippen LogP contribution in [0.3, 0.4) is 0 Å². The molecule has 8 heterocycles. The number of amides is 1. The number of carbonyl (C=O) groups is 2.